The van der Waals surface area contributed by atoms with Gasteiger partial charge in [-0.1, -0.05) is 65.3 Å². The first kappa shape index (κ1) is 22.1. The van der Waals surface area contributed by atoms with E-state index in [4.69, 9.17) is 23.2 Å². The maximum absolute atomic E-state index is 12.3. The molecule has 0 aliphatic carbocycles. The second-order valence-electron chi connectivity index (χ2n) is 6.62. The fourth-order valence-corrected chi connectivity index (χ4v) is 3.85. The highest BCUT2D eigenvalue weighted by Crippen LogP contribution is 2.29. The zero-order chi connectivity index (χ0) is 22.3. The number of carbonyl (C=O) groups excluding carboxylic acids is 1. The minimum Gasteiger partial charge on any atom is -0.272 e. The minimum atomic E-state index is -0.249. The van der Waals surface area contributed by atoms with Gasteiger partial charge in [-0.15, -0.1) is 10.2 Å². The standard InChI is InChI=1S/C23H17Cl2N5OS/c24-18-8-6-17(7-9-18)22-28-29-23(30(22)20-12-10-19(25)11-13-20)32-15-21(31)27-26-14-16-4-2-1-3-5-16/h1-14H,15H2,(H,27,31)/b26-14-. The van der Waals surface area contributed by atoms with Crippen LogP contribution in [0.2, 0.25) is 10.0 Å². The van der Waals surface area contributed by atoms with Crippen molar-refractivity contribution >= 4 is 47.1 Å². The number of thioether (sulfide) groups is 1. The molecule has 0 unspecified atom stereocenters. The van der Waals surface area contributed by atoms with Crippen LogP contribution >= 0.6 is 35.0 Å². The number of hydrogen-bond donors (Lipinski definition) is 1. The summed E-state index contributed by atoms with van der Waals surface area (Å²) in [4.78, 5) is 12.3. The van der Waals surface area contributed by atoms with Gasteiger partial charge in [0.15, 0.2) is 11.0 Å². The van der Waals surface area contributed by atoms with E-state index in [0.29, 0.717) is 21.0 Å². The lowest BCUT2D eigenvalue weighted by atomic mass is 10.2. The predicted molar refractivity (Wildman–Crippen MR) is 130 cm³/mol. The first-order chi connectivity index (χ1) is 15.6. The van der Waals surface area contributed by atoms with Crippen molar-refractivity contribution in [2.24, 2.45) is 5.10 Å². The van der Waals surface area contributed by atoms with Crippen molar-refractivity contribution in [2.75, 3.05) is 5.75 Å². The first-order valence-electron chi connectivity index (χ1n) is 9.57. The van der Waals surface area contributed by atoms with Gasteiger partial charge in [0, 0.05) is 21.3 Å². The van der Waals surface area contributed by atoms with E-state index in [1.807, 2.05) is 59.2 Å². The van der Waals surface area contributed by atoms with Crippen molar-refractivity contribution in [3.05, 3.63) is 94.5 Å². The average molecular weight is 482 g/mol. The highest BCUT2D eigenvalue weighted by Gasteiger charge is 2.17. The normalized spacial score (nSPS) is 11.1. The van der Waals surface area contributed by atoms with Crippen LogP contribution in [0.3, 0.4) is 0 Å². The Labute approximate surface area is 199 Å². The largest absolute Gasteiger partial charge is 0.272 e. The summed E-state index contributed by atoms with van der Waals surface area (Å²) in [7, 11) is 0. The molecule has 9 heteroatoms. The number of nitrogens with one attached hydrogen (secondary N) is 1. The third-order valence-electron chi connectivity index (χ3n) is 4.36. The molecule has 1 aromatic heterocycles. The quantitative estimate of drug-likeness (QED) is 0.215. The van der Waals surface area contributed by atoms with Gasteiger partial charge in [-0.3, -0.25) is 9.36 Å². The van der Waals surface area contributed by atoms with Crippen LogP contribution in [0.15, 0.2) is 89.1 Å². The number of rotatable bonds is 7. The number of hydrogen-bond acceptors (Lipinski definition) is 5. The SMILES string of the molecule is O=C(CSc1nnc(-c2ccc(Cl)cc2)n1-c1ccc(Cl)cc1)N/N=C\c1ccccc1. The molecule has 0 radical (unpaired) electrons. The highest BCUT2D eigenvalue weighted by molar-refractivity contribution is 7.99. The van der Waals surface area contributed by atoms with Crippen LogP contribution in [0.25, 0.3) is 17.1 Å². The van der Waals surface area contributed by atoms with Crippen LogP contribution in [-0.2, 0) is 4.79 Å². The summed E-state index contributed by atoms with van der Waals surface area (Å²) in [6, 6.07) is 24.2. The molecule has 0 saturated carbocycles. The Hall–Kier alpha value is -3.13. The smallest absolute Gasteiger partial charge is 0.250 e. The van der Waals surface area contributed by atoms with E-state index in [-0.39, 0.29) is 11.7 Å². The molecule has 1 heterocycles. The summed E-state index contributed by atoms with van der Waals surface area (Å²) in [6.45, 7) is 0. The van der Waals surface area contributed by atoms with Gasteiger partial charge in [0.05, 0.1) is 12.0 Å². The predicted octanol–water partition coefficient (Wildman–Crippen LogP) is 5.48. The Bertz CT molecular complexity index is 1230. The molecule has 32 heavy (non-hydrogen) atoms. The average Bonchev–Trinajstić information content (AvgIpc) is 3.23. The van der Waals surface area contributed by atoms with E-state index in [2.05, 4.69) is 20.7 Å². The number of halogens is 2. The van der Waals surface area contributed by atoms with Crippen molar-refractivity contribution in [2.45, 2.75) is 5.16 Å². The molecule has 0 aliphatic heterocycles. The van der Waals surface area contributed by atoms with Crippen molar-refractivity contribution in [1.29, 1.82) is 0 Å². The summed E-state index contributed by atoms with van der Waals surface area (Å²) >= 11 is 13.3. The van der Waals surface area contributed by atoms with Crippen LogP contribution < -0.4 is 5.43 Å². The summed E-state index contributed by atoms with van der Waals surface area (Å²) < 4.78 is 1.88. The van der Waals surface area contributed by atoms with Crippen LogP contribution in [0.4, 0.5) is 0 Å². The van der Waals surface area contributed by atoms with Crippen LogP contribution in [0.1, 0.15) is 5.56 Å². The Morgan fingerprint density at radius 3 is 2.28 bits per heavy atom. The van der Waals surface area contributed by atoms with Gasteiger partial charge in [0.1, 0.15) is 0 Å². The topological polar surface area (TPSA) is 72.2 Å². The van der Waals surface area contributed by atoms with E-state index in [9.17, 15) is 4.79 Å². The molecule has 1 N–H and O–H groups in total. The van der Waals surface area contributed by atoms with E-state index < -0.39 is 0 Å². The van der Waals surface area contributed by atoms with Gasteiger partial charge in [0.2, 0.25) is 0 Å². The number of aromatic nitrogens is 3. The number of nitrogens with zero attached hydrogens (tertiary/aromatic N) is 4. The van der Waals surface area contributed by atoms with Crippen LogP contribution in [0.5, 0.6) is 0 Å². The molecule has 0 saturated heterocycles. The van der Waals surface area contributed by atoms with Crippen molar-refractivity contribution in [3.63, 3.8) is 0 Å². The fourth-order valence-electron chi connectivity index (χ4n) is 2.85. The monoisotopic (exact) mass is 481 g/mol. The fraction of sp³-hybridized carbons (Fsp3) is 0.0435. The lowest BCUT2D eigenvalue weighted by molar-refractivity contribution is -0.118. The first-order valence-corrected chi connectivity index (χ1v) is 11.3. The summed E-state index contributed by atoms with van der Waals surface area (Å²) in [5.41, 5.74) is 5.11. The third kappa shape index (κ3) is 5.56. The highest BCUT2D eigenvalue weighted by atomic mass is 35.5. The molecular formula is C23H17Cl2N5OS. The van der Waals surface area contributed by atoms with Crippen LogP contribution in [-0.4, -0.2) is 32.6 Å². The van der Waals surface area contributed by atoms with Gasteiger partial charge in [0.25, 0.3) is 5.91 Å². The molecule has 3 aromatic carbocycles. The molecule has 160 valence electrons. The van der Waals surface area contributed by atoms with Gasteiger partial charge in [-0.2, -0.15) is 5.10 Å². The summed E-state index contributed by atoms with van der Waals surface area (Å²) in [5, 5.41) is 14.5. The number of carbonyl (C=O) groups is 1. The minimum absolute atomic E-state index is 0.123. The molecule has 0 bridgehead atoms. The second kappa shape index (κ2) is 10.5. The van der Waals surface area contributed by atoms with Gasteiger partial charge >= 0.3 is 0 Å². The number of amides is 1. The Kier molecular flexibility index (Phi) is 7.21. The van der Waals surface area contributed by atoms with Crippen molar-refractivity contribution < 1.29 is 4.79 Å². The maximum atomic E-state index is 12.3. The Morgan fingerprint density at radius 2 is 1.59 bits per heavy atom. The number of hydrazone groups is 1. The van der Waals surface area contributed by atoms with E-state index in [1.54, 1.807) is 30.5 Å². The second-order valence-corrected chi connectivity index (χ2v) is 8.43. The van der Waals surface area contributed by atoms with Crippen LogP contribution in [0, 0.1) is 0 Å². The molecule has 0 atom stereocenters. The van der Waals surface area contributed by atoms with Crippen molar-refractivity contribution in [3.8, 4) is 17.1 Å². The third-order valence-corrected chi connectivity index (χ3v) is 5.79. The zero-order valence-electron chi connectivity index (χ0n) is 16.7. The summed E-state index contributed by atoms with van der Waals surface area (Å²) in [6.07, 6.45) is 1.59. The van der Waals surface area contributed by atoms with E-state index in [1.165, 1.54) is 11.8 Å². The molecule has 0 aliphatic rings. The Morgan fingerprint density at radius 1 is 0.938 bits per heavy atom. The molecule has 6 nitrogen and oxygen atoms in total. The van der Waals surface area contributed by atoms with E-state index in [0.717, 1.165) is 16.8 Å². The Balaban J connectivity index is 1.53. The zero-order valence-corrected chi connectivity index (χ0v) is 19.0. The summed E-state index contributed by atoms with van der Waals surface area (Å²) in [5.74, 6) is 0.508. The number of benzene rings is 3. The van der Waals surface area contributed by atoms with Gasteiger partial charge in [-0.05, 0) is 54.1 Å². The molecule has 4 rings (SSSR count). The lowest BCUT2D eigenvalue weighted by Gasteiger charge is -2.10. The molecule has 0 fully saturated rings. The lowest BCUT2D eigenvalue weighted by Crippen LogP contribution is -2.20. The molecule has 1 amide bonds. The van der Waals surface area contributed by atoms with E-state index >= 15 is 0 Å². The van der Waals surface area contributed by atoms with Crippen molar-refractivity contribution in [1.82, 2.24) is 20.2 Å². The van der Waals surface area contributed by atoms with Gasteiger partial charge < -0.3 is 0 Å². The van der Waals surface area contributed by atoms with Gasteiger partial charge in [-0.25, -0.2) is 5.43 Å². The molecule has 0 spiro atoms. The maximum Gasteiger partial charge on any atom is 0.250 e. The molecule has 4 aromatic rings. The molecular weight excluding hydrogens is 465 g/mol.